The summed E-state index contributed by atoms with van der Waals surface area (Å²) in [7, 11) is 0. The summed E-state index contributed by atoms with van der Waals surface area (Å²) < 4.78 is 46.7. The van der Waals surface area contributed by atoms with Crippen LogP contribution in [-0.4, -0.2) is 11.8 Å². The summed E-state index contributed by atoms with van der Waals surface area (Å²) in [6, 6.07) is 0. The molecule has 0 aliphatic rings. The van der Waals surface area contributed by atoms with Crippen molar-refractivity contribution >= 4 is 0 Å². The average Bonchev–Trinajstić information content (AvgIpc) is 1.14. The fourth-order valence-electron chi connectivity index (χ4n) is 0.454. The van der Waals surface area contributed by atoms with Crippen molar-refractivity contribution in [3.8, 4) is 0 Å². The summed E-state index contributed by atoms with van der Waals surface area (Å²) in [4.78, 5) is 0. The van der Waals surface area contributed by atoms with Gasteiger partial charge in [0.15, 0.2) is 0 Å². The van der Waals surface area contributed by atoms with Gasteiger partial charge in [-0.1, -0.05) is 0 Å². The van der Waals surface area contributed by atoms with Crippen LogP contribution in [0, 0.1) is 6.92 Å². The van der Waals surface area contributed by atoms with E-state index in [9.17, 15) is 17.6 Å². The van der Waals surface area contributed by atoms with E-state index in [0.717, 1.165) is 0 Å². The van der Waals surface area contributed by atoms with E-state index in [-0.39, 0.29) is 0 Å². The monoisotopic (exact) mass is 143 g/mol. The van der Waals surface area contributed by atoms with Gasteiger partial charge in [-0.2, -0.15) is 0 Å². The lowest BCUT2D eigenvalue weighted by Crippen LogP contribution is -2.23. The molecule has 0 aromatic heterocycles. The number of alkyl halides is 4. The van der Waals surface area contributed by atoms with Gasteiger partial charge in [0, 0.05) is 6.92 Å². The summed E-state index contributed by atoms with van der Waals surface area (Å²) in [5, 5.41) is 0. The van der Waals surface area contributed by atoms with Crippen LogP contribution in [0.3, 0.4) is 0 Å². The summed E-state index contributed by atoms with van der Waals surface area (Å²) >= 11 is 0. The summed E-state index contributed by atoms with van der Waals surface area (Å²) in [5.74, 6) is -6.84. The van der Waals surface area contributed by atoms with Gasteiger partial charge in [-0.25, -0.2) is 17.6 Å². The van der Waals surface area contributed by atoms with Crippen LogP contribution in [0.25, 0.3) is 0 Å². The lowest BCUT2D eigenvalue weighted by molar-refractivity contribution is -0.0752. The molecular weight excluding hydrogens is 136 g/mol. The van der Waals surface area contributed by atoms with E-state index in [2.05, 4.69) is 6.92 Å². The lowest BCUT2D eigenvalue weighted by atomic mass is 10.2. The van der Waals surface area contributed by atoms with Gasteiger partial charge in [0.2, 0.25) is 0 Å². The van der Waals surface area contributed by atoms with Gasteiger partial charge >= 0.3 is 0 Å². The van der Waals surface area contributed by atoms with Gasteiger partial charge in [-0.15, -0.1) is 0 Å². The van der Waals surface area contributed by atoms with Crippen LogP contribution in [0.5, 0.6) is 0 Å². The topological polar surface area (TPSA) is 0 Å². The SMILES string of the molecule is [CH2]C(F)(F)CC(C)(F)F. The standard InChI is InChI=1S/C5H7F4/c1-4(6,7)3-5(2,8)9/h1,3H2,2H3. The van der Waals surface area contributed by atoms with E-state index in [1.807, 2.05) is 0 Å². The van der Waals surface area contributed by atoms with Crippen molar-refractivity contribution in [2.45, 2.75) is 25.2 Å². The van der Waals surface area contributed by atoms with Crippen LogP contribution in [0.2, 0.25) is 0 Å². The molecule has 0 aliphatic carbocycles. The van der Waals surface area contributed by atoms with Crippen molar-refractivity contribution in [2.75, 3.05) is 0 Å². The first-order valence-corrected chi connectivity index (χ1v) is 2.32. The molecule has 0 heterocycles. The molecule has 0 rings (SSSR count). The largest absolute Gasteiger partial charge is 0.254 e. The zero-order valence-corrected chi connectivity index (χ0v) is 4.93. The zero-order chi connectivity index (χ0) is 7.71. The van der Waals surface area contributed by atoms with Crippen LogP contribution in [0.15, 0.2) is 0 Å². The van der Waals surface area contributed by atoms with Crippen LogP contribution in [0.4, 0.5) is 17.6 Å². The van der Waals surface area contributed by atoms with Gasteiger partial charge < -0.3 is 0 Å². The van der Waals surface area contributed by atoms with Crippen molar-refractivity contribution in [3.63, 3.8) is 0 Å². The highest BCUT2D eigenvalue weighted by Gasteiger charge is 2.35. The number of hydrogen-bond donors (Lipinski definition) is 0. The van der Waals surface area contributed by atoms with Crippen molar-refractivity contribution in [1.82, 2.24) is 0 Å². The highest BCUT2D eigenvalue weighted by atomic mass is 19.3. The third kappa shape index (κ3) is 7.72. The number of halogens is 4. The lowest BCUT2D eigenvalue weighted by Gasteiger charge is -2.14. The quantitative estimate of drug-likeness (QED) is 0.521. The van der Waals surface area contributed by atoms with Crippen LogP contribution in [0.1, 0.15) is 13.3 Å². The Labute approximate surface area is 50.9 Å². The maximum atomic E-state index is 11.7. The minimum atomic E-state index is -3.52. The Balaban J connectivity index is 3.75. The Morgan fingerprint density at radius 3 is 1.56 bits per heavy atom. The Morgan fingerprint density at radius 2 is 1.56 bits per heavy atom. The van der Waals surface area contributed by atoms with Gasteiger partial charge in [0.1, 0.15) is 0 Å². The molecule has 0 spiro atoms. The fourth-order valence-corrected chi connectivity index (χ4v) is 0.454. The average molecular weight is 143 g/mol. The first-order valence-electron chi connectivity index (χ1n) is 2.32. The molecule has 9 heavy (non-hydrogen) atoms. The summed E-state index contributed by atoms with van der Waals surface area (Å²) in [5.41, 5.74) is 0. The third-order valence-corrected chi connectivity index (χ3v) is 0.569. The first-order chi connectivity index (χ1) is 3.71. The minimum Gasteiger partial charge on any atom is -0.207 e. The van der Waals surface area contributed by atoms with Gasteiger partial charge in [-0.05, 0) is 6.92 Å². The molecule has 55 valence electrons. The summed E-state index contributed by atoms with van der Waals surface area (Å²) in [6.45, 7) is 2.68. The van der Waals surface area contributed by atoms with E-state index in [1.165, 1.54) is 0 Å². The second kappa shape index (κ2) is 2.15. The van der Waals surface area contributed by atoms with Crippen molar-refractivity contribution < 1.29 is 17.6 Å². The molecule has 4 heteroatoms. The van der Waals surface area contributed by atoms with Crippen LogP contribution >= 0.6 is 0 Å². The van der Waals surface area contributed by atoms with E-state index < -0.39 is 18.3 Å². The molecule has 0 bridgehead atoms. The molecule has 0 amide bonds. The second-order valence-corrected chi connectivity index (χ2v) is 2.10. The predicted molar refractivity (Wildman–Crippen MR) is 25.5 cm³/mol. The maximum absolute atomic E-state index is 11.7. The Bertz CT molecular complexity index is 74.1. The molecular formula is C5H7F4. The van der Waals surface area contributed by atoms with E-state index in [1.54, 1.807) is 0 Å². The first kappa shape index (κ1) is 8.72. The number of rotatable bonds is 2. The molecule has 0 saturated heterocycles. The predicted octanol–water partition coefficient (Wildman–Crippen LogP) is 2.50. The van der Waals surface area contributed by atoms with Gasteiger partial charge in [0.25, 0.3) is 11.8 Å². The molecule has 0 fully saturated rings. The Kier molecular flexibility index (Phi) is 2.09. The molecule has 0 unspecified atom stereocenters. The highest BCUT2D eigenvalue weighted by Crippen LogP contribution is 2.28. The third-order valence-electron chi connectivity index (χ3n) is 0.569. The van der Waals surface area contributed by atoms with E-state index in [0.29, 0.717) is 6.92 Å². The maximum Gasteiger partial charge on any atom is 0.254 e. The van der Waals surface area contributed by atoms with Crippen LogP contribution < -0.4 is 0 Å². The van der Waals surface area contributed by atoms with E-state index in [4.69, 9.17) is 0 Å². The molecule has 0 saturated carbocycles. The smallest absolute Gasteiger partial charge is 0.207 e. The molecule has 0 N–H and O–H groups in total. The van der Waals surface area contributed by atoms with Crippen molar-refractivity contribution in [1.29, 1.82) is 0 Å². The van der Waals surface area contributed by atoms with Crippen LogP contribution in [-0.2, 0) is 0 Å². The van der Waals surface area contributed by atoms with E-state index >= 15 is 0 Å². The highest BCUT2D eigenvalue weighted by molar-refractivity contribution is 4.75. The molecule has 0 nitrogen and oxygen atoms in total. The molecule has 0 atom stereocenters. The van der Waals surface area contributed by atoms with Crippen molar-refractivity contribution in [2.24, 2.45) is 0 Å². The molecule has 1 radical (unpaired) electrons. The Morgan fingerprint density at radius 1 is 1.22 bits per heavy atom. The molecule has 0 aromatic rings. The fraction of sp³-hybridized carbons (Fsp3) is 0.800. The minimum absolute atomic E-state index is 0.437. The molecule has 0 aromatic carbocycles. The Hall–Kier alpha value is -0.280. The van der Waals surface area contributed by atoms with Crippen molar-refractivity contribution in [3.05, 3.63) is 6.92 Å². The second-order valence-electron chi connectivity index (χ2n) is 2.10. The normalized spacial score (nSPS) is 14.0. The zero-order valence-electron chi connectivity index (χ0n) is 4.93. The number of hydrogen-bond acceptors (Lipinski definition) is 0. The molecule has 0 aliphatic heterocycles. The van der Waals surface area contributed by atoms with Gasteiger partial charge in [0.05, 0.1) is 6.42 Å². The van der Waals surface area contributed by atoms with Gasteiger partial charge in [-0.3, -0.25) is 0 Å². The summed E-state index contributed by atoms with van der Waals surface area (Å²) in [6.07, 6.45) is -1.49.